The molecule has 0 saturated carbocycles. The number of fused-ring (bicyclic) bond motifs is 3. The smallest absolute Gasteiger partial charge is 0.151 e. The molecule has 6 aromatic rings. The molecule has 0 fully saturated rings. The average Bonchev–Trinajstić information content (AvgIpc) is 3.27. The van der Waals surface area contributed by atoms with Crippen LogP contribution in [0.3, 0.4) is 0 Å². The van der Waals surface area contributed by atoms with Gasteiger partial charge in [-0.3, -0.25) is 9.97 Å². The molecule has 0 atom stereocenters. The molecular formula is C36H37N3Si. The van der Waals surface area contributed by atoms with Crippen molar-refractivity contribution in [2.45, 2.75) is 51.6 Å². The van der Waals surface area contributed by atoms with Crippen molar-refractivity contribution in [1.29, 1.82) is 0 Å². The summed E-state index contributed by atoms with van der Waals surface area (Å²) in [5, 5.41) is 5.23. The summed E-state index contributed by atoms with van der Waals surface area (Å²) in [6.45, 7) is 14.4. The lowest BCUT2D eigenvalue weighted by Gasteiger charge is -2.51. The van der Waals surface area contributed by atoms with E-state index in [1.807, 2.05) is 30.6 Å². The van der Waals surface area contributed by atoms with Crippen LogP contribution in [0.5, 0.6) is 0 Å². The van der Waals surface area contributed by atoms with Crippen molar-refractivity contribution in [3.8, 4) is 16.9 Å². The lowest BCUT2D eigenvalue weighted by molar-refractivity contribution is 0.635. The predicted octanol–water partition coefficient (Wildman–Crippen LogP) is 8.40. The van der Waals surface area contributed by atoms with E-state index < -0.39 is 8.07 Å². The normalized spacial score (nSPS) is 12.8. The monoisotopic (exact) mass is 539 g/mol. The van der Waals surface area contributed by atoms with E-state index in [0.29, 0.717) is 0 Å². The summed E-state index contributed by atoms with van der Waals surface area (Å²) in [6.07, 6.45) is 3.82. The van der Waals surface area contributed by atoms with E-state index in [4.69, 9.17) is 4.98 Å². The van der Waals surface area contributed by atoms with Crippen molar-refractivity contribution < 1.29 is 0 Å². The van der Waals surface area contributed by atoms with Gasteiger partial charge in [-0.15, -0.1) is 0 Å². The maximum atomic E-state index is 5.05. The SMILES string of the molecule is CC(C)(C)[Si](c1cccc(-n2c3ccccc3c3ccc(-c4ccccn4)cc32)c1)(c1ccccn1)C(C)(C)C. The maximum Gasteiger partial charge on any atom is 0.151 e. The van der Waals surface area contributed by atoms with Crippen LogP contribution in [0.15, 0.2) is 116 Å². The summed E-state index contributed by atoms with van der Waals surface area (Å²) in [5.74, 6) is 0. The fraction of sp³-hybridized carbons (Fsp3) is 0.222. The minimum Gasteiger partial charge on any atom is -0.309 e. The van der Waals surface area contributed by atoms with Gasteiger partial charge in [0.05, 0.1) is 16.7 Å². The summed E-state index contributed by atoms with van der Waals surface area (Å²) in [4.78, 5) is 9.68. The zero-order valence-electron chi connectivity index (χ0n) is 24.3. The van der Waals surface area contributed by atoms with E-state index in [1.165, 1.54) is 38.0 Å². The Kier molecular flexibility index (Phi) is 6.27. The van der Waals surface area contributed by atoms with Gasteiger partial charge < -0.3 is 4.57 Å². The highest BCUT2D eigenvalue weighted by molar-refractivity contribution is 7.05. The quantitative estimate of drug-likeness (QED) is 0.211. The topological polar surface area (TPSA) is 30.7 Å². The lowest BCUT2D eigenvalue weighted by atomic mass is 10.1. The summed E-state index contributed by atoms with van der Waals surface area (Å²) in [7, 11) is -2.43. The second kappa shape index (κ2) is 9.56. The van der Waals surface area contributed by atoms with Gasteiger partial charge >= 0.3 is 0 Å². The molecule has 3 heterocycles. The van der Waals surface area contributed by atoms with Crippen molar-refractivity contribution in [3.05, 3.63) is 116 Å². The average molecular weight is 540 g/mol. The Morgan fingerprint density at radius 2 is 1.25 bits per heavy atom. The standard InChI is InChI=1S/C36H37N3Si/c1-35(2,3)40(36(4,5)6,34-19-10-12-23-38-34)28-15-13-14-27(25-28)39-32-18-8-7-16-29(32)30-21-20-26(24-33(30)39)31-17-9-11-22-37-31/h7-25H,1-6H3. The van der Waals surface area contributed by atoms with Gasteiger partial charge in [0.25, 0.3) is 0 Å². The molecule has 200 valence electrons. The first-order chi connectivity index (χ1) is 19.1. The first-order valence-electron chi connectivity index (χ1n) is 14.1. The molecule has 0 spiro atoms. The van der Waals surface area contributed by atoms with Gasteiger partial charge in [0.2, 0.25) is 0 Å². The molecule has 0 aliphatic heterocycles. The van der Waals surface area contributed by atoms with E-state index >= 15 is 0 Å². The number of rotatable bonds is 4. The predicted molar refractivity (Wildman–Crippen MR) is 173 cm³/mol. The third kappa shape index (κ3) is 4.01. The van der Waals surface area contributed by atoms with Crippen molar-refractivity contribution in [2.75, 3.05) is 0 Å². The van der Waals surface area contributed by atoms with E-state index in [-0.39, 0.29) is 10.1 Å². The summed E-state index contributed by atoms with van der Waals surface area (Å²) < 4.78 is 2.43. The number of nitrogens with zero attached hydrogens (tertiary/aromatic N) is 3. The van der Waals surface area contributed by atoms with Gasteiger partial charge in [0.1, 0.15) is 0 Å². The van der Waals surface area contributed by atoms with Gasteiger partial charge in [-0.05, 0) is 63.8 Å². The van der Waals surface area contributed by atoms with E-state index in [9.17, 15) is 0 Å². The highest BCUT2D eigenvalue weighted by Crippen LogP contribution is 2.50. The molecule has 0 amide bonds. The van der Waals surface area contributed by atoms with Crippen molar-refractivity contribution >= 4 is 40.4 Å². The molecule has 6 rings (SSSR count). The van der Waals surface area contributed by atoms with Crippen LogP contribution < -0.4 is 10.5 Å². The summed E-state index contributed by atoms with van der Waals surface area (Å²) in [6, 6.07) is 37.3. The Morgan fingerprint density at radius 1 is 0.575 bits per heavy atom. The zero-order chi connectivity index (χ0) is 28.1. The number of para-hydroxylation sites is 1. The zero-order valence-corrected chi connectivity index (χ0v) is 25.3. The Labute approximate surface area is 238 Å². The molecule has 0 aliphatic rings. The van der Waals surface area contributed by atoms with E-state index in [2.05, 4.69) is 136 Å². The van der Waals surface area contributed by atoms with Crippen molar-refractivity contribution in [1.82, 2.24) is 14.5 Å². The molecule has 0 radical (unpaired) electrons. The van der Waals surface area contributed by atoms with Crippen LogP contribution in [0.25, 0.3) is 38.8 Å². The molecular weight excluding hydrogens is 503 g/mol. The van der Waals surface area contributed by atoms with Crippen LogP contribution in [0.4, 0.5) is 0 Å². The van der Waals surface area contributed by atoms with Crippen LogP contribution in [-0.4, -0.2) is 22.6 Å². The summed E-state index contributed by atoms with van der Waals surface area (Å²) in [5.41, 5.74) is 5.69. The van der Waals surface area contributed by atoms with Crippen molar-refractivity contribution in [2.24, 2.45) is 0 Å². The Bertz CT molecular complexity index is 1790. The minimum absolute atomic E-state index is 0.0329. The molecule has 3 nitrogen and oxygen atoms in total. The third-order valence-corrected chi connectivity index (χ3v) is 15.2. The maximum absolute atomic E-state index is 5.05. The molecule has 3 aromatic carbocycles. The number of hydrogen-bond acceptors (Lipinski definition) is 2. The Hall–Kier alpha value is -4.02. The van der Waals surface area contributed by atoms with Crippen LogP contribution >= 0.6 is 0 Å². The molecule has 0 N–H and O–H groups in total. The molecule has 0 bridgehead atoms. The molecule has 3 aromatic heterocycles. The number of benzene rings is 3. The van der Waals surface area contributed by atoms with Gasteiger partial charge in [-0.2, -0.15) is 0 Å². The number of aromatic nitrogens is 3. The van der Waals surface area contributed by atoms with Gasteiger partial charge in [0.15, 0.2) is 8.07 Å². The fourth-order valence-corrected chi connectivity index (χ4v) is 14.5. The van der Waals surface area contributed by atoms with E-state index in [0.717, 1.165) is 11.3 Å². The van der Waals surface area contributed by atoms with Crippen LogP contribution in [-0.2, 0) is 0 Å². The van der Waals surface area contributed by atoms with Crippen LogP contribution in [0.2, 0.25) is 10.1 Å². The van der Waals surface area contributed by atoms with Gasteiger partial charge in [-0.1, -0.05) is 96.1 Å². The second-order valence-electron chi connectivity index (χ2n) is 12.8. The first kappa shape index (κ1) is 26.2. The number of hydrogen-bond donors (Lipinski definition) is 0. The largest absolute Gasteiger partial charge is 0.309 e. The lowest BCUT2D eigenvalue weighted by Crippen LogP contribution is -2.70. The van der Waals surface area contributed by atoms with E-state index in [1.54, 1.807) is 0 Å². The minimum atomic E-state index is -2.43. The Balaban J connectivity index is 1.66. The van der Waals surface area contributed by atoms with Gasteiger partial charge in [0, 0.05) is 39.7 Å². The highest BCUT2D eigenvalue weighted by Gasteiger charge is 2.56. The first-order valence-corrected chi connectivity index (χ1v) is 16.1. The van der Waals surface area contributed by atoms with Gasteiger partial charge in [-0.25, -0.2) is 0 Å². The second-order valence-corrected chi connectivity index (χ2v) is 18.4. The summed E-state index contributed by atoms with van der Waals surface area (Å²) >= 11 is 0. The van der Waals surface area contributed by atoms with Crippen molar-refractivity contribution in [3.63, 3.8) is 0 Å². The van der Waals surface area contributed by atoms with Crippen LogP contribution in [0.1, 0.15) is 41.5 Å². The fourth-order valence-electron chi connectivity index (χ4n) is 7.31. The molecule has 40 heavy (non-hydrogen) atoms. The molecule has 0 unspecified atom stereocenters. The molecule has 0 saturated heterocycles. The third-order valence-electron chi connectivity index (χ3n) is 8.47. The van der Waals surface area contributed by atoms with Crippen LogP contribution in [0, 0.1) is 0 Å². The number of pyridine rings is 2. The Morgan fingerprint density at radius 3 is 1.93 bits per heavy atom. The molecule has 0 aliphatic carbocycles. The highest BCUT2D eigenvalue weighted by atomic mass is 28.3. The molecule has 4 heteroatoms.